The summed E-state index contributed by atoms with van der Waals surface area (Å²) in [6, 6.07) is 12.2. The highest BCUT2D eigenvalue weighted by atomic mass is 35.5. The first-order chi connectivity index (χ1) is 13.4. The summed E-state index contributed by atoms with van der Waals surface area (Å²) >= 11 is 5.98. The zero-order chi connectivity index (χ0) is 21.6. The van der Waals surface area contributed by atoms with E-state index in [1.165, 1.54) is 35.7 Å². The van der Waals surface area contributed by atoms with Gasteiger partial charge in [0.2, 0.25) is 17.4 Å². The first-order valence-corrected chi connectivity index (χ1v) is 10.4. The fourth-order valence-corrected chi connectivity index (χ4v) is 4.28. The monoisotopic (exact) mass is 433 g/mol. The summed E-state index contributed by atoms with van der Waals surface area (Å²) < 4.78 is 48.9. The molecule has 2 aromatic rings. The van der Waals surface area contributed by atoms with Crippen molar-refractivity contribution in [2.75, 3.05) is 0 Å². The van der Waals surface area contributed by atoms with E-state index in [2.05, 4.69) is 0 Å². The van der Waals surface area contributed by atoms with Crippen LogP contribution in [0.15, 0.2) is 60.2 Å². The van der Waals surface area contributed by atoms with Gasteiger partial charge in [-0.1, -0.05) is 54.1 Å². The van der Waals surface area contributed by atoms with Crippen molar-refractivity contribution in [2.24, 2.45) is 5.73 Å². The van der Waals surface area contributed by atoms with Crippen LogP contribution in [0.4, 0.5) is 4.39 Å². The van der Waals surface area contributed by atoms with Crippen molar-refractivity contribution >= 4 is 51.0 Å². The van der Waals surface area contributed by atoms with Crippen LogP contribution in [-0.2, 0) is 33.9 Å². The van der Waals surface area contributed by atoms with Gasteiger partial charge >= 0.3 is 10.1 Å². The van der Waals surface area contributed by atoms with Crippen molar-refractivity contribution in [1.29, 1.82) is 0 Å². The van der Waals surface area contributed by atoms with Crippen LogP contribution < -0.4 is 5.73 Å². The standard InChI is InChI=1S/C17H16B3ClFNO5S/c18-16(10-7-4-8-11(22)12(10)21)14(24)13(15(23)27-16)28-29(25,26)17(19,20)9-5-2-1-3-6-9/h1-8H,18-20,23H2/t16-/m0/s1. The molecule has 1 aliphatic rings. The summed E-state index contributed by atoms with van der Waals surface area (Å²) in [6.45, 7) is 0. The number of carbonyl (C=O) groups is 1. The Morgan fingerprint density at radius 1 is 1.14 bits per heavy atom. The maximum Gasteiger partial charge on any atom is 0.304 e. The molecule has 6 nitrogen and oxygen atoms in total. The first-order valence-electron chi connectivity index (χ1n) is 8.59. The average molecular weight is 433 g/mol. The van der Waals surface area contributed by atoms with E-state index < -0.39 is 43.4 Å². The van der Waals surface area contributed by atoms with Crippen LogP contribution in [0, 0.1) is 5.82 Å². The molecule has 0 radical (unpaired) electrons. The SMILES string of the molecule is BC(B)(c1ccccc1)S(=O)(=O)OC1=C(N)O[C@@](B)(c2cccc(F)c2Cl)C1=O. The fraction of sp³-hybridized carbons (Fsp3) is 0.118. The third-order valence-electron chi connectivity index (χ3n) is 4.93. The van der Waals surface area contributed by atoms with E-state index in [1.807, 2.05) is 0 Å². The number of halogens is 2. The van der Waals surface area contributed by atoms with Gasteiger partial charge in [0, 0.05) is 5.56 Å². The molecular weight excluding hydrogens is 417 g/mol. The summed E-state index contributed by atoms with van der Waals surface area (Å²) in [6.07, 6.45) is 0. The smallest absolute Gasteiger partial charge is 0.304 e. The molecule has 0 unspecified atom stereocenters. The minimum atomic E-state index is -4.36. The summed E-state index contributed by atoms with van der Waals surface area (Å²) in [7, 11) is -0.161. The van der Waals surface area contributed by atoms with E-state index in [0.717, 1.165) is 6.07 Å². The van der Waals surface area contributed by atoms with Crippen LogP contribution in [0.25, 0.3) is 0 Å². The van der Waals surface area contributed by atoms with E-state index in [9.17, 15) is 17.6 Å². The molecule has 0 fully saturated rings. The number of rotatable bonds is 5. The number of ketones is 1. The maximum atomic E-state index is 13.9. The molecule has 0 bridgehead atoms. The third-order valence-corrected chi connectivity index (χ3v) is 7.19. The molecular formula is C17H16B3ClFNO5S. The molecule has 0 aromatic heterocycles. The van der Waals surface area contributed by atoms with Crippen LogP contribution in [0.3, 0.4) is 0 Å². The van der Waals surface area contributed by atoms with Crippen molar-refractivity contribution in [3.05, 3.63) is 82.1 Å². The van der Waals surface area contributed by atoms with Gasteiger partial charge in [0.25, 0.3) is 0 Å². The Balaban J connectivity index is 1.97. The molecule has 0 spiro atoms. The van der Waals surface area contributed by atoms with Gasteiger partial charge in [-0.05, 0) is 11.6 Å². The number of ether oxygens (including phenoxy) is 1. The van der Waals surface area contributed by atoms with Gasteiger partial charge in [0.1, 0.15) is 21.5 Å². The second-order valence-electron chi connectivity index (χ2n) is 7.17. The molecule has 2 aromatic carbocycles. The highest BCUT2D eigenvalue weighted by Crippen LogP contribution is 2.40. The molecule has 2 N–H and O–H groups in total. The fourth-order valence-electron chi connectivity index (χ4n) is 2.97. The topological polar surface area (TPSA) is 95.7 Å². The average Bonchev–Trinajstić information content (AvgIpc) is 2.88. The minimum absolute atomic E-state index is 0.00503. The Hall–Kier alpha value is -2.39. The van der Waals surface area contributed by atoms with Gasteiger partial charge in [0.15, 0.2) is 13.3 Å². The third kappa shape index (κ3) is 3.42. The summed E-state index contributed by atoms with van der Waals surface area (Å²) in [5.41, 5.74) is 4.41. The Bertz CT molecular complexity index is 1130. The second kappa shape index (κ2) is 7.14. The van der Waals surface area contributed by atoms with Crippen LogP contribution in [-0.4, -0.2) is 37.7 Å². The zero-order valence-electron chi connectivity index (χ0n) is 15.9. The Kier molecular flexibility index (Phi) is 5.25. The molecule has 0 saturated carbocycles. The highest BCUT2D eigenvalue weighted by Gasteiger charge is 2.51. The van der Waals surface area contributed by atoms with E-state index in [1.54, 1.807) is 30.3 Å². The van der Waals surface area contributed by atoms with Crippen molar-refractivity contribution in [2.45, 2.75) is 10.0 Å². The number of hydrogen-bond donors (Lipinski definition) is 1. The maximum absolute atomic E-state index is 13.9. The predicted octanol–water partition coefficient (Wildman–Crippen LogP) is -0.585. The molecule has 0 amide bonds. The summed E-state index contributed by atoms with van der Waals surface area (Å²) in [5, 5.41) is -0.329. The molecule has 148 valence electrons. The number of carbonyl (C=O) groups excluding carboxylic acids is 1. The second-order valence-corrected chi connectivity index (χ2v) is 9.65. The van der Waals surface area contributed by atoms with Gasteiger partial charge in [-0.2, -0.15) is 8.42 Å². The highest BCUT2D eigenvalue weighted by molar-refractivity contribution is 7.90. The normalized spacial score (nSPS) is 19.9. The lowest BCUT2D eigenvalue weighted by Crippen LogP contribution is -2.40. The zero-order valence-corrected chi connectivity index (χ0v) is 17.5. The Labute approximate surface area is 175 Å². The van der Waals surface area contributed by atoms with Crippen LogP contribution in [0.5, 0.6) is 0 Å². The van der Waals surface area contributed by atoms with Crippen molar-refractivity contribution in [3.8, 4) is 0 Å². The minimum Gasteiger partial charge on any atom is -0.467 e. The predicted molar refractivity (Wildman–Crippen MR) is 114 cm³/mol. The lowest BCUT2D eigenvalue weighted by atomic mass is 9.65. The van der Waals surface area contributed by atoms with Crippen molar-refractivity contribution in [1.82, 2.24) is 0 Å². The molecule has 1 atom stereocenters. The van der Waals surface area contributed by atoms with Crippen LogP contribution in [0.2, 0.25) is 5.02 Å². The number of Topliss-reactive ketones (excluding diaryl/α,β-unsaturated/α-hetero) is 1. The number of hydrogen-bond acceptors (Lipinski definition) is 6. The molecule has 0 aliphatic carbocycles. The van der Waals surface area contributed by atoms with Crippen LogP contribution in [0.1, 0.15) is 11.1 Å². The Morgan fingerprint density at radius 3 is 2.38 bits per heavy atom. The molecule has 0 saturated heterocycles. The number of benzene rings is 2. The lowest BCUT2D eigenvalue weighted by Gasteiger charge is -2.26. The quantitative estimate of drug-likeness (QED) is 0.501. The molecule has 29 heavy (non-hydrogen) atoms. The number of nitrogens with two attached hydrogens (primary N) is 1. The molecule has 1 heterocycles. The van der Waals surface area contributed by atoms with Gasteiger partial charge in [0.05, 0.1) is 9.57 Å². The molecule has 12 heteroatoms. The van der Waals surface area contributed by atoms with Crippen molar-refractivity contribution < 1.29 is 26.5 Å². The van der Waals surface area contributed by atoms with E-state index in [4.69, 9.17) is 26.3 Å². The Morgan fingerprint density at radius 2 is 1.76 bits per heavy atom. The first kappa shape index (κ1) is 21.3. The molecule has 1 aliphatic heterocycles. The van der Waals surface area contributed by atoms with Gasteiger partial charge in [-0.15, -0.1) is 0 Å². The van der Waals surface area contributed by atoms with Gasteiger partial charge < -0.3 is 14.7 Å². The summed E-state index contributed by atoms with van der Waals surface area (Å²) in [5.74, 6) is -2.83. The van der Waals surface area contributed by atoms with Gasteiger partial charge in [-0.25, -0.2) is 4.39 Å². The van der Waals surface area contributed by atoms with E-state index in [0.29, 0.717) is 5.56 Å². The van der Waals surface area contributed by atoms with E-state index in [-0.39, 0.29) is 10.6 Å². The van der Waals surface area contributed by atoms with Crippen molar-refractivity contribution in [3.63, 3.8) is 0 Å². The largest absolute Gasteiger partial charge is 0.467 e. The molecule has 3 rings (SSSR count). The summed E-state index contributed by atoms with van der Waals surface area (Å²) in [4.78, 5) is 13.0. The van der Waals surface area contributed by atoms with Gasteiger partial charge in [-0.3, -0.25) is 4.79 Å². The lowest BCUT2D eigenvalue weighted by molar-refractivity contribution is -0.126. The van der Waals surface area contributed by atoms with Crippen LogP contribution >= 0.6 is 11.6 Å². The van der Waals surface area contributed by atoms with E-state index >= 15 is 0 Å².